The maximum atomic E-state index is 12.6. The molecule has 1 heterocycles. The van der Waals surface area contributed by atoms with Crippen LogP contribution in [0, 0.1) is 0 Å². The minimum atomic E-state index is -3.51. The van der Waals surface area contributed by atoms with Gasteiger partial charge in [-0.05, 0) is 24.6 Å². The monoisotopic (exact) mass is 355 g/mol. The maximum absolute atomic E-state index is 12.6. The van der Waals surface area contributed by atoms with Gasteiger partial charge in [0.25, 0.3) is 0 Å². The number of hydrogen-bond acceptors (Lipinski definition) is 6. The molecule has 0 aliphatic carbocycles. The van der Waals surface area contributed by atoms with Crippen molar-refractivity contribution in [1.29, 1.82) is 0 Å². The fourth-order valence-corrected chi connectivity index (χ4v) is 4.41. The van der Waals surface area contributed by atoms with E-state index in [1.807, 2.05) is 12.1 Å². The van der Waals surface area contributed by atoms with Gasteiger partial charge in [0.15, 0.2) is 0 Å². The number of benzene rings is 1. The molecule has 0 aliphatic rings. The van der Waals surface area contributed by atoms with E-state index in [4.69, 9.17) is 10.5 Å². The maximum Gasteiger partial charge on any atom is 0.216 e. The summed E-state index contributed by atoms with van der Waals surface area (Å²) in [6, 6.07) is 7.29. The van der Waals surface area contributed by atoms with Crippen LogP contribution in [-0.2, 0) is 22.1 Å². The highest BCUT2D eigenvalue weighted by Gasteiger charge is 2.33. The summed E-state index contributed by atoms with van der Waals surface area (Å²) in [7, 11) is -0.371. The molecule has 0 saturated heterocycles. The first-order valence-corrected chi connectivity index (χ1v) is 9.49. The highest BCUT2D eigenvalue weighted by atomic mass is 32.2. The standard InChI is InChI=1S/C15H21N3O3S2/c1-15(16,14-17-8-9-22-14)11-23(19,20)18(2)10-12-4-6-13(21-3)7-5-12/h4-9H,10-11,16H2,1-3H3/t15-/m0/s1. The zero-order valence-electron chi connectivity index (χ0n) is 13.4. The Hall–Kier alpha value is -1.48. The topological polar surface area (TPSA) is 85.5 Å². The lowest BCUT2D eigenvalue weighted by Gasteiger charge is -2.25. The Morgan fingerprint density at radius 3 is 2.52 bits per heavy atom. The normalized spacial score (nSPS) is 14.7. The van der Waals surface area contributed by atoms with E-state index in [1.54, 1.807) is 44.8 Å². The summed E-state index contributed by atoms with van der Waals surface area (Å²) in [6.45, 7) is 1.96. The number of rotatable bonds is 7. The average molecular weight is 355 g/mol. The lowest BCUT2D eigenvalue weighted by molar-refractivity contribution is 0.414. The van der Waals surface area contributed by atoms with E-state index in [-0.39, 0.29) is 12.3 Å². The number of hydrogen-bond donors (Lipinski definition) is 1. The molecule has 126 valence electrons. The van der Waals surface area contributed by atoms with Gasteiger partial charge in [-0.1, -0.05) is 12.1 Å². The summed E-state index contributed by atoms with van der Waals surface area (Å²) in [4.78, 5) is 4.13. The molecule has 1 aromatic carbocycles. The molecule has 2 N–H and O–H groups in total. The molecule has 0 fully saturated rings. The van der Waals surface area contributed by atoms with Crippen molar-refractivity contribution in [2.24, 2.45) is 5.73 Å². The van der Waals surface area contributed by atoms with Gasteiger partial charge in [0.05, 0.1) is 18.4 Å². The fraction of sp³-hybridized carbons (Fsp3) is 0.400. The van der Waals surface area contributed by atoms with Crippen LogP contribution in [0.25, 0.3) is 0 Å². The van der Waals surface area contributed by atoms with Crippen molar-refractivity contribution in [3.8, 4) is 5.75 Å². The molecular formula is C15H21N3O3S2. The van der Waals surface area contributed by atoms with Crippen LogP contribution in [-0.4, -0.2) is 37.6 Å². The van der Waals surface area contributed by atoms with E-state index >= 15 is 0 Å². The van der Waals surface area contributed by atoms with Gasteiger partial charge in [-0.25, -0.2) is 17.7 Å². The van der Waals surface area contributed by atoms with Crippen molar-refractivity contribution in [2.75, 3.05) is 19.9 Å². The van der Waals surface area contributed by atoms with Gasteiger partial charge in [-0.15, -0.1) is 11.3 Å². The molecule has 6 nitrogen and oxygen atoms in total. The Morgan fingerprint density at radius 2 is 2.00 bits per heavy atom. The van der Waals surface area contributed by atoms with Crippen LogP contribution in [0.15, 0.2) is 35.8 Å². The van der Waals surface area contributed by atoms with Crippen molar-refractivity contribution in [3.63, 3.8) is 0 Å². The predicted molar refractivity (Wildman–Crippen MR) is 91.9 cm³/mol. The lowest BCUT2D eigenvalue weighted by atomic mass is 10.1. The van der Waals surface area contributed by atoms with E-state index in [9.17, 15) is 8.42 Å². The second-order valence-electron chi connectivity index (χ2n) is 5.62. The second kappa shape index (κ2) is 6.96. The molecule has 0 aliphatic heterocycles. The lowest BCUT2D eigenvalue weighted by Crippen LogP contribution is -2.44. The highest BCUT2D eigenvalue weighted by molar-refractivity contribution is 7.89. The van der Waals surface area contributed by atoms with Crippen molar-refractivity contribution >= 4 is 21.4 Å². The van der Waals surface area contributed by atoms with Gasteiger partial charge in [0, 0.05) is 25.2 Å². The quantitative estimate of drug-likeness (QED) is 0.818. The van der Waals surface area contributed by atoms with Gasteiger partial charge >= 0.3 is 0 Å². The summed E-state index contributed by atoms with van der Waals surface area (Å²) in [5, 5.41) is 2.40. The molecule has 2 rings (SSSR count). The third-order valence-electron chi connectivity index (χ3n) is 3.44. The largest absolute Gasteiger partial charge is 0.497 e. The van der Waals surface area contributed by atoms with E-state index in [0.717, 1.165) is 11.3 Å². The summed E-state index contributed by atoms with van der Waals surface area (Å²) in [5.41, 5.74) is 6.03. The van der Waals surface area contributed by atoms with Crippen molar-refractivity contribution in [1.82, 2.24) is 9.29 Å². The third-order valence-corrected chi connectivity index (χ3v) is 6.54. The van der Waals surface area contributed by atoms with Crippen molar-refractivity contribution in [3.05, 3.63) is 46.4 Å². The molecular weight excluding hydrogens is 334 g/mol. The van der Waals surface area contributed by atoms with E-state index < -0.39 is 15.6 Å². The number of nitrogens with zero attached hydrogens (tertiary/aromatic N) is 2. The number of aromatic nitrogens is 1. The van der Waals surface area contributed by atoms with E-state index in [2.05, 4.69) is 4.98 Å². The molecule has 2 aromatic rings. The predicted octanol–water partition coefficient (Wildman–Crippen LogP) is 1.79. The van der Waals surface area contributed by atoms with Crippen molar-refractivity contribution in [2.45, 2.75) is 19.0 Å². The number of nitrogens with two attached hydrogens (primary N) is 1. The van der Waals surface area contributed by atoms with E-state index in [1.165, 1.54) is 15.6 Å². The van der Waals surface area contributed by atoms with Gasteiger partial charge in [0.1, 0.15) is 10.8 Å². The zero-order valence-corrected chi connectivity index (χ0v) is 15.0. The smallest absolute Gasteiger partial charge is 0.216 e. The molecule has 0 unspecified atom stereocenters. The van der Waals surface area contributed by atoms with Crippen LogP contribution in [0.4, 0.5) is 0 Å². The second-order valence-corrected chi connectivity index (χ2v) is 8.59. The molecule has 23 heavy (non-hydrogen) atoms. The van der Waals surface area contributed by atoms with Gasteiger partial charge < -0.3 is 10.5 Å². The highest BCUT2D eigenvalue weighted by Crippen LogP contribution is 2.23. The third kappa shape index (κ3) is 4.51. The Labute approximate surface area is 141 Å². The number of sulfonamides is 1. The van der Waals surface area contributed by atoms with Crippen LogP contribution in [0.3, 0.4) is 0 Å². The minimum absolute atomic E-state index is 0.194. The van der Waals surface area contributed by atoms with Crippen LogP contribution in [0.5, 0.6) is 5.75 Å². The summed E-state index contributed by atoms with van der Waals surface area (Å²) < 4.78 is 31.5. The van der Waals surface area contributed by atoms with E-state index in [0.29, 0.717) is 5.01 Å². The first-order valence-electron chi connectivity index (χ1n) is 7.00. The van der Waals surface area contributed by atoms with Gasteiger partial charge in [-0.2, -0.15) is 0 Å². The molecule has 1 atom stereocenters. The molecule has 8 heteroatoms. The van der Waals surface area contributed by atoms with Crippen LogP contribution in [0.2, 0.25) is 0 Å². The first kappa shape index (κ1) is 17.9. The number of thiazole rings is 1. The zero-order chi connectivity index (χ0) is 17.1. The molecule has 0 amide bonds. The Kier molecular flexibility index (Phi) is 5.41. The minimum Gasteiger partial charge on any atom is -0.497 e. The number of ether oxygens (including phenoxy) is 1. The van der Waals surface area contributed by atoms with Crippen LogP contribution >= 0.6 is 11.3 Å². The fourth-order valence-electron chi connectivity index (χ4n) is 2.14. The molecule has 1 aromatic heterocycles. The average Bonchev–Trinajstić information content (AvgIpc) is 3.02. The van der Waals surface area contributed by atoms with Crippen molar-refractivity contribution < 1.29 is 13.2 Å². The molecule has 0 saturated carbocycles. The number of methoxy groups -OCH3 is 1. The summed E-state index contributed by atoms with van der Waals surface area (Å²) in [5.74, 6) is 0.540. The molecule has 0 spiro atoms. The Bertz CT molecular complexity index is 726. The van der Waals surface area contributed by atoms with Crippen LogP contribution in [0.1, 0.15) is 17.5 Å². The SMILES string of the molecule is COc1ccc(CN(C)S(=O)(=O)C[C@](C)(N)c2nccs2)cc1. The van der Waals surface area contributed by atoms with Crippen LogP contribution < -0.4 is 10.5 Å². The molecule has 0 radical (unpaired) electrons. The van der Waals surface area contributed by atoms with Gasteiger partial charge in [0.2, 0.25) is 10.0 Å². The summed E-state index contributed by atoms with van der Waals surface area (Å²) >= 11 is 1.36. The van der Waals surface area contributed by atoms with Gasteiger partial charge in [-0.3, -0.25) is 0 Å². The first-order chi connectivity index (χ1) is 10.7. The molecule has 0 bridgehead atoms. The Balaban J connectivity index is 2.09. The Morgan fingerprint density at radius 1 is 1.35 bits per heavy atom. The summed E-state index contributed by atoms with van der Waals surface area (Å²) in [6.07, 6.45) is 1.62.